The van der Waals surface area contributed by atoms with Crippen LogP contribution >= 0.6 is 0 Å². The average molecular weight is 238 g/mol. The topological polar surface area (TPSA) is 76.4 Å². The number of nitrogens with one attached hydrogen (secondary N) is 1. The van der Waals surface area contributed by atoms with Crippen LogP contribution in [0.4, 0.5) is 17.1 Å². The van der Waals surface area contributed by atoms with Gasteiger partial charge in [-0.25, -0.2) is 0 Å². The number of aliphatic imine (C=N–C) groups is 1. The molecule has 4 nitrogen and oxygen atoms in total. The average Bonchev–Trinajstić information content (AvgIpc) is 2.41. The Morgan fingerprint density at radius 2 is 1.83 bits per heavy atom. The molecular weight excluding hydrogens is 224 g/mol. The van der Waals surface area contributed by atoms with Gasteiger partial charge in [0.05, 0.1) is 17.9 Å². The molecule has 0 unspecified atom stereocenters. The number of nitrogen functional groups attached to an aromatic ring is 2. The summed E-state index contributed by atoms with van der Waals surface area (Å²) >= 11 is 0. The number of amidine groups is 1. The van der Waals surface area contributed by atoms with Crippen molar-refractivity contribution >= 4 is 22.9 Å². The van der Waals surface area contributed by atoms with Gasteiger partial charge in [0, 0.05) is 11.3 Å². The number of hydrogen-bond acceptors (Lipinski definition) is 4. The molecule has 0 saturated carbocycles. The first-order valence-electron chi connectivity index (χ1n) is 5.79. The minimum atomic E-state index is 0.579. The third-order valence-corrected chi connectivity index (χ3v) is 3.04. The van der Waals surface area contributed by atoms with Crippen molar-refractivity contribution < 1.29 is 0 Å². The van der Waals surface area contributed by atoms with Gasteiger partial charge in [0.1, 0.15) is 5.84 Å². The number of nitrogens with zero attached hydrogens (tertiary/aromatic N) is 1. The van der Waals surface area contributed by atoms with Gasteiger partial charge in [0.2, 0.25) is 0 Å². The molecule has 4 heteroatoms. The van der Waals surface area contributed by atoms with Crippen molar-refractivity contribution in [2.45, 2.75) is 6.54 Å². The number of anilines is 3. The van der Waals surface area contributed by atoms with E-state index in [4.69, 9.17) is 11.5 Å². The summed E-state index contributed by atoms with van der Waals surface area (Å²) in [5.41, 5.74) is 15.9. The van der Waals surface area contributed by atoms with E-state index < -0.39 is 0 Å². The van der Waals surface area contributed by atoms with Crippen molar-refractivity contribution in [3.63, 3.8) is 0 Å². The summed E-state index contributed by atoms with van der Waals surface area (Å²) in [4.78, 5) is 4.52. The van der Waals surface area contributed by atoms with Gasteiger partial charge in [-0.15, -0.1) is 0 Å². The molecule has 1 aliphatic heterocycles. The molecule has 0 radical (unpaired) electrons. The fourth-order valence-electron chi connectivity index (χ4n) is 2.00. The lowest BCUT2D eigenvalue weighted by molar-refractivity contribution is 1.05. The van der Waals surface area contributed by atoms with E-state index in [0.29, 0.717) is 17.9 Å². The number of para-hydroxylation sites is 1. The number of nitrogens with two attached hydrogens (primary N) is 2. The number of rotatable bonds is 1. The molecule has 0 bridgehead atoms. The first-order chi connectivity index (χ1) is 8.74. The standard InChI is InChI=1S/C14H14N4/c15-11-6-5-9(7-12(11)16)14-17-8-10-3-1-2-4-13(10)18-14/h1-7H,8,15-16H2,(H,17,18). The van der Waals surface area contributed by atoms with Gasteiger partial charge in [0.25, 0.3) is 0 Å². The predicted molar refractivity (Wildman–Crippen MR) is 75.6 cm³/mol. The van der Waals surface area contributed by atoms with Crippen LogP contribution in [0.1, 0.15) is 11.1 Å². The van der Waals surface area contributed by atoms with Crippen LogP contribution in [0.3, 0.4) is 0 Å². The lowest BCUT2D eigenvalue weighted by atomic mass is 10.1. The van der Waals surface area contributed by atoms with Crippen molar-refractivity contribution in [2.75, 3.05) is 16.8 Å². The molecule has 0 spiro atoms. The third-order valence-electron chi connectivity index (χ3n) is 3.04. The number of fused-ring (bicyclic) bond motifs is 1. The Morgan fingerprint density at radius 3 is 2.67 bits per heavy atom. The summed E-state index contributed by atoms with van der Waals surface area (Å²) in [6, 6.07) is 13.7. The smallest absolute Gasteiger partial charge is 0.133 e. The molecule has 1 aliphatic rings. The molecule has 1 heterocycles. The summed E-state index contributed by atoms with van der Waals surface area (Å²) in [6.07, 6.45) is 0. The summed E-state index contributed by atoms with van der Waals surface area (Å²) in [6.45, 7) is 0.683. The number of benzene rings is 2. The molecule has 0 aromatic heterocycles. The van der Waals surface area contributed by atoms with Crippen LogP contribution in [-0.4, -0.2) is 5.84 Å². The largest absolute Gasteiger partial charge is 0.397 e. The zero-order chi connectivity index (χ0) is 12.5. The van der Waals surface area contributed by atoms with Gasteiger partial charge in [-0.2, -0.15) is 0 Å². The van der Waals surface area contributed by atoms with Gasteiger partial charge >= 0.3 is 0 Å². The SMILES string of the molecule is Nc1ccc(C2=NCc3ccccc3N2)cc1N. The van der Waals surface area contributed by atoms with E-state index in [1.54, 1.807) is 6.07 Å². The van der Waals surface area contributed by atoms with E-state index in [-0.39, 0.29) is 0 Å². The highest BCUT2D eigenvalue weighted by molar-refractivity contribution is 6.10. The van der Waals surface area contributed by atoms with Crippen molar-refractivity contribution in [3.05, 3.63) is 53.6 Å². The maximum absolute atomic E-state index is 5.81. The van der Waals surface area contributed by atoms with Crippen molar-refractivity contribution in [3.8, 4) is 0 Å². The maximum Gasteiger partial charge on any atom is 0.133 e. The minimum Gasteiger partial charge on any atom is -0.397 e. The first kappa shape index (κ1) is 10.7. The zero-order valence-electron chi connectivity index (χ0n) is 9.85. The van der Waals surface area contributed by atoms with Gasteiger partial charge in [-0.1, -0.05) is 18.2 Å². The Labute approximate surface area is 105 Å². The third kappa shape index (κ3) is 1.78. The summed E-state index contributed by atoms with van der Waals surface area (Å²) in [5, 5.41) is 3.31. The molecule has 2 aromatic carbocycles. The van der Waals surface area contributed by atoms with Crippen LogP contribution in [-0.2, 0) is 6.54 Å². The van der Waals surface area contributed by atoms with Crippen LogP contribution in [0.5, 0.6) is 0 Å². The van der Waals surface area contributed by atoms with E-state index in [1.807, 2.05) is 30.3 Å². The van der Waals surface area contributed by atoms with Gasteiger partial charge in [-0.05, 0) is 29.8 Å². The quantitative estimate of drug-likeness (QED) is 0.667. The highest BCUT2D eigenvalue weighted by Gasteiger charge is 2.12. The Balaban J connectivity index is 1.95. The Bertz CT molecular complexity index is 631. The lowest BCUT2D eigenvalue weighted by Gasteiger charge is -2.18. The van der Waals surface area contributed by atoms with Gasteiger partial charge in [0.15, 0.2) is 0 Å². The molecule has 0 saturated heterocycles. The Hall–Kier alpha value is -2.49. The molecule has 2 aromatic rings. The molecule has 0 fully saturated rings. The highest BCUT2D eigenvalue weighted by Crippen LogP contribution is 2.23. The predicted octanol–water partition coefficient (Wildman–Crippen LogP) is 2.22. The van der Waals surface area contributed by atoms with Gasteiger partial charge < -0.3 is 16.8 Å². The molecule has 0 aliphatic carbocycles. The first-order valence-corrected chi connectivity index (χ1v) is 5.79. The fraction of sp³-hybridized carbons (Fsp3) is 0.0714. The van der Waals surface area contributed by atoms with Crippen LogP contribution in [0, 0.1) is 0 Å². The van der Waals surface area contributed by atoms with Crippen LogP contribution in [0.2, 0.25) is 0 Å². The Morgan fingerprint density at radius 1 is 1.00 bits per heavy atom. The van der Waals surface area contributed by atoms with E-state index >= 15 is 0 Å². The summed E-state index contributed by atoms with van der Waals surface area (Å²) in [5.74, 6) is 0.834. The lowest BCUT2D eigenvalue weighted by Crippen LogP contribution is -2.19. The molecule has 90 valence electrons. The van der Waals surface area contributed by atoms with E-state index in [0.717, 1.165) is 17.1 Å². The molecule has 0 atom stereocenters. The monoisotopic (exact) mass is 238 g/mol. The molecular formula is C14H14N4. The molecule has 18 heavy (non-hydrogen) atoms. The highest BCUT2D eigenvalue weighted by atomic mass is 15.0. The fourth-order valence-corrected chi connectivity index (χ4v) is 2.00. The van der Waals surface area contributed by atoms with Crippen LogP contribution < -0.4 is 16.8 Å². The molecule has 0 amide bonds. The normalized spacial score (nSPS) is 13.4. The second-order valence-corrected chi connectivity index (χ2v) is 4.29. The summed E-state index contributed by atoms with van der Waals surface area (Å²) in [7, 11) is 0. The summed E-state index contributed by atoms with van der Waals surface area (Å²) < 4.78 is 0. The second-order valence-electron chi connectivity index (χ2n) is 4.29. The van der Waals surface area contributed by atoms with Crippen LogP contribution in [0.15, 0.2) is 47.5 Å². The zero-order valence-corrected chi connectivity index (χ0v) is 9.85. The van der Waals surface area contributed by atoms with Crippen molar-refractivity contribution in [1.29, 1.82) is 0 Å². The molecule has 5 N–H and O–H groups in total. The van der Waals surface area contributed by atoms with E-state index in [2.05, 4.69) is 16.4 Å². The number of hydrogen-bond donors (Lipinski definition) is 3. The Kier molecular flexibility index (Phi) is 2.41. The van der Waals surface area contributed by atoms with Crippen molar-refractivity contribution in [2.24, 2.45) is 4.99 Å². The molecule has 3 rings (SSSR count). The van der Waals surface area contributed by atoms with E-state index in [1.165, 1.54) is 5.56 Å². The van der Waals surface area contributed by atoms with Gasteiger partial charge in [-0.3, -0.25) is 4.99 Å². The minimum absolute atomic E-state index is 0.579. The van der Waals surface area contributed by atoms with Crippen molar-refractivity contribution in [1.82, 2.24) is 0 Å². The second kappa shape index (κ2) is 4.07. The van der Waals surface area contributed by atoms with E-state index in [9.17, 15) is 0 Å². The van der Waals surface area contributed by atoms with Crippen LogP contribution in [0.25, 0.3) is 0 Å². The maximum atomic E-state index is 5.81.